The molecule has 0 aromatic rings. The fourth-order valence-corrected chi connectivity index (χ4v) is 6.87. The first-order valence-corrected chi connectivity index (χ1v) is 23.9. The number of ether oxygens (including phenoxy) is 3. The van der Waals surface area contributed by atoms with Crippen LogP contribution in [0.25, 0.3) is 0 Å². The lowest BCUT2D eigenvalue weighted by molar-refractivity contribution is -0.199. The second-order valence-corrected chi connectivity index (χ2v) is 16.8. The van der Waals surface area contributed by atoms with Crippen molar-refractivity contribution >= 4 is 25.7 Å². The van der Waals surface area contributed by atoms with Gasteiger partial charge in [0.2, 0.25) is 0 Å². The number of rotatable bonds is 36. The zero-order chi connectivity index (χ0) is 45.9. The quantitative estimate of drug-likeness (QED) is 0.0152. The molecule has 1 saturated heterocycles. The maximum absolute atomic E-state index is 12.7. The van der Waals surface area contributed by atoms with E-state index in [2.05, 4.69) is 54.8 Å². The minimum Gasteiger partial charge on any atom is -0.480 e. The number of allylic oxidation sites excluding steroid dienone is 10. The smallest absolute Gasteiger partial charge is 0.472 e. The summed E-state index contributed by atoms with van der Waals surface area (Å²) in [5.74, 6) is -3.03. The lowest BCUT2D eigenvalue weighted by Gasteiger charge is -2.36. The fraction of sp³-hybridized carbons (Fsp3) is 0.674. The molecule has 8 atom stereocenters. The van der Waals surface area contributed by atoms with Crippen molar-refractivity contribution in [3.63, 3.8) is 0 Å². The van der Waals surface area contributed by atoms with Crippen LogP contribution in [0.1, 0.15) is 136 Å². The number of aliphatic hydroxyl groups excluding tert-OH is 3. The Morgan fingerprint density at radius 2 is 1.31 bits per heavy atom. The average Bonchev–Trinajstić information content (AvgIpc) is 3.23. The number of carbonyl (C=O) groups excluding carboxylic acids is 2. The Bertz CT molecular complexity index is 1450. The summed E-state index contributed by atoms with van der Waals surface area (Å²) in [4.78, 5) is 46.2. The number of carbonyl (C=O) groups is 3. The van der Waals surface area contributed by atoms with Crippen LogP contribution in [-0.4, -0.2) is 99.8 Å². The second kappa shape index (κ2) is 36.1. The molecule has 62 heavy (non-hydrogen) atoms. The van der Waals surface area contributed by atoms with Crippen LogP contribution in [0.4, 0.5) is 0 Å². The molecular formula is C46H76NO14P. The molecule has 354 valence electrons. The van der Waals surface area contributed by atoms with Gasteiger partial charge in [0.1, 0.15) is 12.6 Å². The van der Waals surface area contributed by atoms with Crippen molar-refractivity contribution in [1.29, 1.82) is 0 Å². The van der Waals surface area contributed by atoms with Crippen molar-refractivity contribution in [3.05, 3.63) is 72.9 Å². The highest BCUT2D eigenvalue weighted by molar-refractivity contribution is 7.47. The van der Waals surface area contributed by atoms with Crippen molar-refractivity contribution in [2.24, 2.45) is 11.7 Å². The Kier molecular flexibility index (Phi) is 33.1. The van der Waals surface area contributed by atoms with Crippen LogP contribution in [0.5, 0.6) is 0 Å². The van der Waals surface area contributed by atoms with E-state index in [1.54, 1.807) is 12.2 Å². The molecule has 15 nitrogen and oxygen atoms in total. The van der Waals surface area contributed by atoms with Gasteiger partial charge in [-0.3, -0.25) is 23.4 Å². The van der Waals surface area contributed by atoms with Crippen molar-refractivity contribution in [2.75, 3.05) is 19.8 Å². The first-order valence-electron chi connectivity index (χ1n) is 22.4. The molecule has 1 aliphatic rings. The van der Waals surface area contributed by atoms with Crippen LogP contribution in [-0.2, 0) is 42.2 Å². The third-order valence-electron chi connectivity index (χ3n) is 9.72. The number of phosphoric acid groups is 1. The largest absolute Gasteiger partial charge is 0.480 e. The number of hydrogen-bond donors (Lipinski definition) is 6. The van der Waals surface area contributed by atoms with Crippen molar-refractivity contribution < 1.29 is 67.5 Å². The summed E-state index contributed by atoms with van der Waals surface area (Å²) < 4.78 is 38.3. The van der Waals surface area contributed by atoms with E-state index in [4.69, 9.17) is 29.6 Å². The van der Waals surface area contributed by atoms with Crippen LogP contribution < -0.4 is 5.73 Å². The predicted molar refractivity (Wildman–Crippen MR) is 238 cm³/mol. The number of aliphatic carboxylic acids is 1. The lowest BCUT2D eigenvalue weighted by atomic mass is 9.87. The third-order valence-corrected chi connectivity index (χ3v) is 10.7. The van der Waals surface area contributed by atoms with Gasteiger partial charge in [-0.2, -0.15) is 0 Å². The molecule has 0 aliphatic carbocycles. The second-order valence-electron chi connectivity index (χ2n) is 15.4. The number of hydrogen-bond acceptors (Lipinski definition) is 13. The molecule has 1 rings (SSSR count). The summed E-state index contributed by atoms with van der Waals surface area (Å²) in [5, 5.41) is 39.9. The number of phosphoric ester groups is 1. The van der Waals surface area contributed by atoms with Gasteiger partial charge in [0.05, 0.1) is 31.5 Å². The first kappa shape index (κ1) is 56.8. The van der Waals surface area contributed by atoms with Crippen LogP contribution in [0.2, 0.25) is 0 Å². The highest BCUT2D eigenvalue weighted by Gasteiger charge is 2.35. The molecule has 16 heteroatoms. The standard InChI is InChI=1S/C46H76NO14P/c1-3-5-7-8-9-10-11-12-13-14-15-16-17-18-19-20-26-30-44(51)60-38(35-58-62(55,56)59-36-40(47)46(53)54)34-57-43(50)29-25-22-21-24-28-39-41(49)33-45(52)61-42(39)32-31-37(48)27-23-6-4-2/h9-10,12-13,15-16,18-19,21,24,31-32,37-42,45,48-49,52H,3-8,11,14,17,20,22-23,25-30,33-36,47H2,1-2H3,(H,53,54)(H,55,56)/b10-9-,13-12-,16-15-,19-18-,24-21-,32-31+/t37-,38+,39-,40-,41-,42+,45?/m0/s1. The van der Waals surface area contributed by atoms with Crippen LogP contribution in [0.15, 0.2) is 72.9 Å². The van der Waals surface area contributed by atoms with Gasteiger partial charge in [0.15, 0.2) is 12.4 Å². The van der Waals surface area contributed by atoms with Gasteiger partial charge in [-0.1, -0.05) is 119 Å². The Hall–Kier alpha value is -3.24. The Labute approximate surface area is 369 Å². The Balaban J connectivity index is 2.57. The molecule has 0 spiro atoms. The minimum absolute atomic E-state index is 0.0122. The van der Waals surface area contributed by atoms with Crippen molar-refractivity contribution in [2.45, 2.75) is 173 Å². The molecular weight excluding hydrogens is 821 g/mol. The van der Waals surface area contributed by atoms with E-state index in [-0.39, 0.29) is 25.2 Å². The summed E-state index contributed by atoms with van der Waals surface area (Å²) in [5.41, 5.74) is 5.33. The number of aliphatic hydroxyl groups is 3. The maximum atomic E-state index is 12.7. The van der Waals surface area contributed by atoms with Gasteiger partial charge in [-0.05, 0) is 70.6 Å². The predicted octanol–water partition coefficient (Wildman–Crippen LogP) is 7.83. The van der Waals surface area contributed by atoms with Crippen LogP contribution >= 0.6 is 7.82 Å². The third kappa shape index (κ3) is 30.7. The summed E-state index contributed by atoms with van der Waals surface area (Å²) >= 11 is 0. The summed E-state index contributed by atoms with van der Waals surface area (Å²) in [6.07, 6.45) is 33.1. The zero-order valence-corrected chi connectivity index (χ0v) is 37.9. The first-order chi connectivity index (χ1) is 29.8. The summed E-state index contributed by atoms with van der Waals surface area (Å²) in [6.45, 7) is 2.32. The normalized spacial score (nSPS) is 21.1. The maximum Gasteiger partial charge on any atom is 0.472 e. The van der Waals surface area contributed by atoms with Gasteiger partial charge >= 0.3 is 25.7 Å². The molecule has 0 bridgehead atoms. The molecule has 0 radical (unpaired) electrons. The fourth-order valence-electron chi connectivity index (χ4n) is 6.10. The summed E-state index contributed by atoms with van der Waals surface area (Å²) in [7, 11) is -4.81. The van der Waals surface area contributed by atoms with Gasteiger partial charge in [0.25, 0.3) is 0 Å². The Morgan fingerprint density at radius 3 is 1.92 bits per heavy atom. The van der Waals surface area contributed by atoms with Gasteiger partial charge < -0.3 is 45.3 Å². The molecule has 1 heterocycles. The molecule has 1 fully saturated rings. The average molecular weight is 898 g/mol. The molecule has 0 aromatic heterocycles. The lowest BCUT2D eigenvalue weighted by Crippen LogP contribution is -2.43. The molecule has 1 aliphatic heterocycles. The van der Waals surface area contributed by atoms with E-state index in [9.17, 15) is 39.2 Å². The molecule has 0 saturated carbocycles. The highest BCUT2D eigenvalue weighted by Crippen LogP contribution is 2.43. The van der Waals surface area contributed by atoms with E-state index in [0.29, 0.717) is 38.5 Å². The molecule has 0 aromatic carbocycles. The molecule has 7 N–H and O–H groups in total. The van der Waals surface area contributed by atoms with Crippen LogP contribution in [0.3, 0.4) is 0 Å². The topological polar surface area (TPSA) is 242 Å². The van der Waals surface area contributed by atoms with E-state index in [1.807, 2.05) is 24.3 Å². The van der Waals surface area contributed by atoms with Crippen molar-refractivity contribution in [1.82, 2.24) is 0 Å². The number of unbranched alkanes of at least 4 members (excludes halogenated alkanes) is 7. The minimum atomic E-state index is -4.81. The monoisotopic (exact) mass is 898 g/mol. The number of carboxylic acids is 1. The number of nitrogens with two attached hydrogens (primary N) is 1. The van der Waals surface area contributed by atoms with E-state index < -0.39 is 82.3 Å². The van der Waals surface area contributed by atoms with Gasteiger partial charge in [0, 0.05) is 25.2 Å². The summed E-state index contributed by atoms with van der Waals surface area (Å²) in [6, 6.07) is -1.58. The van der Waals surface area contributed by atoms with Crippen molar-refractivity contribution in [3.8, 4) is 0 Å². The Morgan fingerprint density at radius 1 is 0.758 bits per heavy atom. The number of carboxylic acid groups (broad SMARTS) is 1. The molecule has 2 unspecified atom stereocenters. The SMILES string of the molecule is CCCCC/C=C\C/C=C\C/C=C\C/C=C\CCCC(=O)O[C@H](COC(=O)CCC/C=C\C[C@H]1[C@@H](O)CC(O)O[C@@H]1/C=C/[C@@H](O)CCCCC)COP(=O)(O)OC[C@H](N)C(=O)O. The van der Waals surface area contributed by atoms with E-state index in [0.717, 1.165) is 44.9 Å². The van der Waals surface area contributed by atoms with Gasteiger partial charge in [-0.15, -0.1) is 0 Å². The number of esters is 2. The van der Waals surface area contributed by atoms with E-state index >= 15 is 0 Å². The molecule has 0 amide bonds. The van der Waals surface area contributed by atoms with Crippen LogP contribution in [0, 0.1) is 5.92 Å². The van der Waals surface area contributed by atoms with Gasteiger partial charge in [-0.25, -0.2) is 4.57 Å². The van der Waals surface area contributed by atoms with E-state index in [1.165, 1.54) is 19.3 Å². The highest BCUT2D eigenvalue weighted by atomic mass is 31.2. The zero-order valence-electron chi connectivity index (χ0n) is 37.0.